The van der Waals surface area contributed by atoms with Gasteiger partial charge in [0.15, 0.2) is 0 Å². The third kappa shape index (κ3) is 3.16. The molecule has 0 spiro atoms. The molecule has 0 amide bonds. The molecule has 2 unspecified atom stereocenters. The van der Waals surface area contributed by atoms with E-state index in [0.717, 1.165) is 12.2 Å². The zero-order valence-corrected chi connectivity index (χ0v) is 10.9. The standard InChI is InChI=1S/C13H21N3O/c1-10-14-9-8-13(15-10)17-12-7-5-4-6-11(12)16(2)3/h8-9,11-12H,4-7H2,1-3H3. The van der Waals surface area contributed by atoms with Gasteiger partial charge in [0.2, 0.25) is 5.88 Å². The third-order valence-electron chi connectivity index (χ3n) is 3.35. The molecule has 94 valence electrons. The van der Waals surface area contributed by atoms with Crippen LogP contribution in [0.25, 0.3) is 0 Å². The lowest BCUT2D eigenvalue weighted by Gasteiger charge is -2.35. The monoisotopic (exact) mass is 235 g/mol. The first-order valence-electron chi connectivity index (χ1n) is 6.29. The van der Waals surface area contributed by atoms with Crippen LogP contribution in [0.15, 0.2) is 12.3 Å². The highest BCUT2D eigenvalue weighted by Crippen LogP contribution is 2.25. The first-order valence-corrected chi connectivity index (χ1v) is 6.29. The van der Waals surface area contributed by atoms with Crippen LogP contribution in [0.1, 0.15) is 31.5 Å². The Balaban J connectivity index is 2.05. The van der Waals surface area contributed by atoms with E-state index in [1.165, 1.54) is 19.3 Å². The molecule has 4 nitrogen and oxygen atoms in total. The van der Waals surface area contributed by atoms with Crippen molar-refractivity contribution in [1.29, 1.82) is 0 Å². The lowest BCUT2D eigenvalue weighted by atomic mass is 9.92. The molecule has 0 saturated heterocycles. The van der Waals surface area contributed by atoms with Gasteiger partial charge in [-0.3, -0.25) is 0 Å². The lowest BCUT2D eigenvalue weighted by Crippen LogP contribution is -2.44. The summed E-state index contributed by atoms with van der Waals surface area (Å²) < 4.78 is 6.02. The van der Waals surface area contributed by atoms with Gasteiger partial charge < -0.3 is 9.64 Å². The fraction of sp³-hybridized carbons (Fsp3) is 0.692. The van der Waals surface area contributed by atoms with Crippen molar-refractivity contribution < 1.29 is 4.74 Å². The predicted octanol–water partition coefficient (Wildman–Crippen LogP) is 2.04. The van der Waals surface area contributed by atoms with E-state index >= 15 is 0 Å². The summed E-state index contributed by atoms with van der Waals surface area (Å²) in [5.74, 6) is 1.47. The number of ether oxygens (including phenoxy) is 1. The van der Waals surface area contributed by atoms with Crippen molar-refractivity contribution in [3.63, 3.8) is 0 Å². The van der Waals surface area contributed by atoms with E-state index in [-0.39, 0.29) is 6.10 Å². The predicted molar refractivity (Wildman–Crippen MR) is 67.1 cm³/mol. The molecule has 1 fully saturated rings. The van der Waals surface area contributed by atoms with Crippen molar-refractivity contribution in [2.75, 3.05) is 14.1 Å². The van der Waals surface area contributed by atoms with Gasteiger partial charge in [0.1, 0.15) is 11.9 Å². The SMILES string of the molecule is Cc1nccc(OC2CCCCC2N(C)C)n1. The Hall–Kier alpha value is -1.16. The van der Waals surface area contributed by atoms with E-state index in [2.05, 4.69) is 29.0 Å². The van der Waals surface area contributed by atoms with Crippen LogP contribution in [-0.4, -0.2) is 41.1 Å². The first-order chi connectivity index (χ1) is 8.16. The van der Waals surface area contributed by atoms with Crippen LogP contribution in [0.3, 0.4) is 0 Å². The molecule has 0 aromatic carbocycles. The van der Waals surface area contributed by atoms with Crippen molar-refractivity contribution in [2.45, 2.75) is 44.8 Å². The van der Waals surface area contributed by atoms with Gasteiger partial charge in [-0.2, -0.15) is 4.98 Å². The molecule has 2 atom stereocenters. The van der Waals surface area contributed by atoms with Gasteiger partial charge in [0.25, 0.3) is 0 Å². The highest BCUT2D eigenvalue weighted by atomic mass is 16.5. The van der Waals surface area contributed by atoms with Crippen LogP contribution in [-0.2, 0) is 0 Å². The maximum atomic E-state index is 6.02. The summed E-state index contributed by atoms with van der Waals surface area (Å²) in [6.07, 6.45) is 6.89. The molecule has 1 saturated carbocycles. The Morgan fingerprint density at radius 3 is 2.76 bits per heavy atom. The van der Waals surface area contributed by atoms with E-state index in [9.17, 15) is 0 Å². The van der Waals surface area contributed by atoms with Gasteiger partial charge in [-0.15, -0.1) is 0 Å². The summed E-state index contributed by atoms with van der Waals surface area (Å²) in [6.45, 7) is 1.89. The highest BCUT2D eigenvalue weighted by Gasteiger charge is 2.28. The number of rotatable bonds is 3. The average molecular weight is 235 g/mol. The fourth-order valence-corrected chi connectivity index (χ4v) is 2.46. The van der Waals surface area contributed by atoms with E-state index in [4.69, 9.17) is 4.74 Å². The molecular formula is C13H21N3O. The van der Waals surface area contributed by atoms with Crippen molar-refractivity contribution in [1.82, 2.24) is 14.9 Å². The number of nitrogens with zero attached hydrogens (tertiary/aromatic N) is 3. The number of aromatic nitrogens is 2. The molecule has 1 aromatic rings. The highest BCUT2D eigenvalue weighted by molar-refractivity contribution is 5.09. The van der Waals surface area contributed by atoms with Crippen molar-refractivity contribution in [3.05, 3.63) is 18.1 Å². The number of likely N-dealkylation sites (N-methyl/N-ethyl adjacent to an activating group) is 1. The molecule has 1 heterocycles. The fourth-order valence-electron chi connectivity index (χ4n) is 2.46. The minimum Gasteiger partial charge on any atom is -0.473 e. The molecular weight excluding hydrogens is 214 g/mol. The second-order valence-electron chi connectivity index (χ2n) is 4.91. The number of hydrogen-bond donors (Lipinski definition) is 0. The van der Waals surface area contributed by atoms with Gasteiger partial charge >= 0.3 is 0 Å². The summed E-state index contributed by atoms with van der Waals surface area (Å²) in [4.78, 5) is 10.7. The van der Waals surface area contributed by atoms with Gasteiger partial charge in [0.05, 0.1) is 0 Å². The summed E-state index contributed by atoms with van der Waals surface area (Å²) in [6, 6.07) is 2.34. The topological polar surface area (TPSA) is 38.2 Å². The van der Waals surface area contributed by atoms with Crippen LogP contribution in [0.4, 0.5) is 0 Å². The lowest BCUT2D eigenvalue weighted by molar-refractivity contribution is 0.0586. The molecule has 4 heteroatoms. The zero-order chi connectivity index (χ0) is 12.3. The molecule has 1 aliphatic rings. The molecule has 17 heavy (non-hydrogen) atoms. The van der Waals surface area contributed by atoms with Gasteiger partial charge in [-0.1, -0.05) is 6.42 Å². The Morgan fingerprint density at radius 2 is 2.06 bits per heavy atom. The quantitative estimate of drug-likeness (QED) is 0.803. The van der Waals surface area contributed by atoms with Crippen molar-refractivity contribution in [2.24, 2.45) is 0 Å². The van der Waals surface area contributed by atoms with E-state index in [0.29, 0.717) is 11.9 Å². The molecule has 2 rings (SSSR count). The van der Waals surface area contributed by atoms with Gasteiger partial charge in [0, 0.05) is 18.3 Å². The third-order valence-corrected chi connectivity index (χ3v) is 3.35. The largest absolute Gasteiger partial charge is 0.473 e. The maximum Gasteiger partial charge on any atom is 0.216 e. The minimum atomic E-state index is 0.257. The van der Waals surface area contributed by atoms with Crippen LogP contribution in [0, 0.1) is 6.92 Å². The van der Waals surface area contributed by atoms with E-state index < -0.39 is 0 Å². The average Bonchev–Trinajstić information content (AvgIpc) is 2.29. The number of aryl methyl sites for hydroxylation is 1. The van der Waals surface area contributed by atoms with Crippen LogP contribution in [0.5, 0.6) is 5.88 Å². The maximum absolute atomic E-state index is 6.02. The molecule has 0 bridgehead atoms. The van der Waals surface area contributed by atoms with Crippen molar-refractivity contribution in [3.8, 4) is 5.88 Å². The molecule has 0 aliphatic heterocycles. The Bertz CT molecular complexity index is 367. The summed E-state index contributed by atoms with van der Waals surface area (Å²) >= 11 is 0. The van der Waals surface area contributed by atoms with Crippen LogP contribution >= 0.6 is 0 Å². The summed E-state index contributed by atoms with van der Waals surface area (Å²) in [5, 5.41) is 0. The number of hydrogen-bond acceptors (Lipinski definition) is 4. The Labute approximate surface area is 103 Å². The normalized spacial score (nSPS) is 24.9. The zero-order valence-electron chi connectivity index (χ0n) is 10.9. The van der Waals surface area contributed by atoms with Gasteiger partial charge in [-0.25, -0.2) is 4.98 Å². The first kappa shape index (κ1) is 12.3. The van der Waals surface area contributed by atoms with Gasteiger partial charge in [-0.05, 0) is 40.3 Å². The van der Waals surface area contributed by atoms with Crippen molar-refractivity contribution >= 4 is 0 Å². The molecule has 1 aliphatic carbocycles. The second-order valence-corrected chi connectivity index (χ2v) is 4.91. The second kappa shape index (κ2) is 5.45. The summed E-state index contributed by atoms with van der Waals surface area (Å²) in [5.41, 5.74) is 0. The molecule has 1 aromatic heterocycles. The Morgan fingerprint density at radius 1 is 1.29 bits per heavy atom. The van der Waals surface area contributed by atoms with Crippen LogP contribution < -0.4 is 4.74 Å². The van der Waals surface area contributed by atoms with E-state index in [1.54, 1.807) is 6.20 Å². The van der Waals surface area contributed by atoms with Crippen LogP contribution in [0.2, 0.25) is 0 Å². The van der Waals surface area contributed by atoms with E-state index in [1.807, 2.05) is 13.0 Å². The smallest absolute Gasteiger partial charge is 0.216 e. The molecule has 0 N–H and O–H groups in total. The summed E-state index contributed by atoms with van der Waals surface area (Å²) in [7, 11) is 4.25. The minimum absolute atomic E-state index is 0.257. The molecule has 0 radical (unpaired) electrons. The Kier molecular flexibility index (Phi) is 3.94.